The van der Waals surface area contributed by atoms with Crippen LogP contribution in [0.3, 0.4) is 0 Å². The van der Waals surface area contributed by atoms with E-state index < -0.39 is 5.97 Å². The maximum atomic E-state index is 11.4. The van der Waals surface area contributed by atoms with Crippen molar-refractivity contribution < 1.29 is 9.53 Å². The SMILES string of the molecule is COC(=O)c1nc2c(Br)cccc2n1C. The minimum absolute atomic E-state index is 0.305. The average Bonchev–Trinajstić information content (AvgIpc) is 2.57. The zero-order valence-corrected chi connectivity index (χ0v) is 9.91. The lowest BCUT2D eigenvalue weighted by molar-refractivity contribution is 0.0583. The molecule has 0 aliphatic heterocycles. The van der Waals surface area contributed by atoms with E-state index in [2.05, 4.69) is 25.7 Å². The van der Waals surface area contributed by atoms with Crippen molar-refractivity contribution in [3.63, 3.8) is 0 Å². The summed E-state index contributed by atoms with van der Waals surface area (Å²) in [6.07, 6.45) is 0. The maximum Gasteiger partial charge on any atom is 0.374 e. The van der Waals surface area contributed by atoms with Crippen LogP contribution in [0.1, 0.15) is 10.6 Å². The lowest BCUT2D eigenvalue weighted by atomic mass is 10.3. The minimum atomic E-state index is -0.430. The second-order valence-corrected chi connectivity index (χ2v) is 3.95. The van der Waals surface area contributed by atoms with E-state index in [0.717, 1.165) is 15.5 Å². The molecule has 0 aliphatic rings. The van der Waals surface area contributed by atoms with Gasteiger partial charge in [0, 0.05) is 11.5 Å². The summed E-state index contributed by atoms with van der Waals surface area (Å²) in [5, 5.41) is 0. The van der Waals surface area contributed by atoms with Gasteiger partial charge < -0.3 is 9.30 Å². The zero-order chi connectivity index (χ0) is 11.0. The monoisotopic (exact) mass is 268 g/mol. The van der Waals surface area contributed by atoms with E-state index in [4.69, 9.17) is 0 Å². The highest BCUT2D eigenvalue weighted by Gasteiger charge is 2.16. The van der Waals surface area contributed by atoms with Gasteiger partial charge in [-0.2, -0.15) is 0 Å². The van der Waals surface area contributed by atoms with Gasteiger partial charge in [0.1, 0.15) is 5.52 Å². The van der Waals surface area contributed by atoms with Crippen molar-refractivity contribution in [3.05, 3.63) is 28.5 Å². The number of carbonyl (C=O) groups excluding carboxylic acids is 1. The van der Waals surface area contributed by atoms with Crippen molar-refractivity contribution in [2.24, 2.45) is 7.05 Å². The Hall–Kier alpha value is -1.36. The van der Waals surface area contributed by atoms with Gasteiger partial charge >= 0.3 is 5.97 Å². The second kappa shape index (κ2) is 3.66. The summed E-state index contributed by atoms with van der Waals surface area (Å²) in [4.78, 5) is 15.6. The van der Waals surface area contributed by atoms with Crippen molar-refractivity contribution in [2.45, 2.75) is 0 Å². The number of nitrogens with zero attached hydrogens (tertiary/aromatic N) is 2. The summed E-state index contributed by atoms with van der Waals surface area (Å²) in [7, 11) is 3.13. The van der Waals surface area contributed by atoms with Crippen LogP contribution in [0.15, 0.2) is 22.7 Å². The van der Waals surface area contributed by atoms with Crippen LogP contribution in [-0.4, -0.2) is 22.6 Å². The third-order valence-corrected chi connectivity index (χ3v) is 2.87. The number of ether oxygens (including phenoxy) is 1. The number of imidazole rings is 1. The summed E-state index contributed by atoms with van der Waals surface area (Å²) in [6, 6.07) is 5.69. The first-order valence-corrected chi connectivity index (χ1v) is 5.13. The Morgan fingerprint density at radius 3 is 2.87 bits per heavy atom. The molecule has 1 heterocycles. The molecule has 0 unspecified atom stereocenters. The number of hydrogen-bond acceptors (Lipinski definition) is 3. The smallest absolute Gasteiger partial charge is 0.374 e. The topological polar surface area (TPSA) is 44.1 Å². The molecule has 0 bridgehead atoms. The number of esters is 1. The number of halogens is 1. The number of carbonyl (C=O) groups is 1. The standard InChI is InChI=1S/C10H9BrN2O2/c1-13-7-5-3-4-6(11)8(7)12-9(13)10(14)15-2/h3-5H,1-2H3. The van der Waals surface area contributed by atoms with Crippen LogP contribution in [0, 0.1) is 0 Å². The van der Waals surface area contributed by atoms with Crippen LogP contribution < -0.4 is 0 Å². The van der Waals surface area contributed by atoms with E-state index in [9.17, 15) is 4.79 Å². The van der Waals surface area contributed by atoms with Crippen LogP contribution in [0.25, 0.3) is 11.0 Å². The first-order chi connectivity index (χ1) is 7.15. The predicted octanol–water partition coefficient (Wildman–Crippen LogP) is 2.12. The Morgan fingerprint density at radius 2 is 2.27 bits per heavy atom. The summed E-state index contributed by atoms with van der Waals surface area (Å²) in [5.41, 5.74) is 1.66. The molecular weight excluding hydrogens is 260 g/mol. The molecule has 0 radical (unpaired) electrons. The Balaban J connectivity index is 2.75. The van der Waals surface area contributed by atoms with Gasteiger partial charge in [-0.25, -0.2) is 9.78 Å². The molecule has 15 heavy (non-hydrogen) atoms. The molecule has 2 rings (SSSR count). The molecule has 5 heteroatoms. The number of aryl methyl sites for hydroxylation is 1. The molecule has 0 N–H and O–H groups in total. The Labute approximate surface area is 95.0 Å². The van der Waals surface area contributed by atoms with E-state index in [1.165, 1.54) is 7.11 Å². The fourth-order valence-electron chi connectivity index (χ4n) is 1.45. The fourth-order valence-corrected chi connectivity index (χ4v) is 1.90. The third-order valence-electron chi connectivity index (χ3n) is 2.23. The average molecular weight is 269 g/mol. The largest absolute Gasteiger partial charge is 0.463 e. The van der Waals surface area contributed by atoms with Crippen molar-refractivity contribution >= 4 is 32.9 Å². The lowest BCUT2D eigenvalue weighted by Gasteiger charge is -1.98. The lowest BCUT2D eigenvalue weighted by Crippen LogP contribution is -2.08. The van der Waals surface area contributed by atoms with Crippen LogP contribution in [-0.2, 0) is 11.8 Å². The second-order valence-electron chi connectivity index (χ2n) is 3.09. The van der Waals surface area contributed by atoms with E-state index in [0.29, 0.717) is 5.82 Å². The molecule has 0 saturated carbocycles. The molecule has 78 valence electrons. The number of rotatable bonds is 1. The van der Waals surface area contributed by atoms with Crippen LogP contribution in [0.5, 0.6) is 0 Å². The summed E-state index contributed by atoms with van der Waals surface area (Å²) < 4.78 is 7.23. The van der Waals surface area contributed by atoms with Crippen molar-refractivity contribution in [1.82, 2.24) is 9.55 Å². The number of fused-ring (bicyclic) bond motifs is 1. The number of aromatic nitrogens is 2. The summed E-state index contributed by atoms with van der Waals surface area (Å²) >= 11 is 3.39. The van der Waals surface area contributed by atoms with Gasteiger partial charge in [0.2, 0.25) is 5.82 Å². The Kier molecular flexibility index (Phi) is 2.48. The van der Waals surface area contributed by atoms with Gasteiger partial charge in [-0.3, -0.25) is 0 Å². The molecule has 1 aromatic carbocycles. The normalized spacial score (nSPS) is 10.6. The molecule has 0 atom stereocenters. The van der Waals surface area contributed by atoms with E-state index in [1.54, 1.807) is 11.6 Å². The van der Waals surface area contributed by atoms with Crippen LogP contribution in [0.2, 0.25) is 0 Å². The molecule has 0 spiro atoms. The van der Waals surface area contributed by atoms with Crippen molar-refractivity contribution in [1.29, 1.82) is 0 Å². The van der Waals surface area contributed by atoms with E-state index in [1.807, 2.05) is 18.2 Å². The van der Waals surface area contributed by atoms with Crippen molar-refractivity contribution in [3.8, 4) is 0 Å². The molecule has 0 fully saturated rings. The quantitative estimate of drug-likeness (QED) is 0.745. The number of hydrogen-bond donors (Lipinski definition) is 0. The predicted molar refractivity (Wildman–Crippen MR) is 59.8 cm³/mol. The number of benzene rings is 1. The van der Waals surface area contributed by atoms with E-state index in [-0.39, 0.29) is 0 Å². The number of methoxy groups -OCH3 is 1. The summed E-state index contributed by atoms with van der Waals surface area (Å²) in [6.45, 7) is 0. The van der Waals surface area contributed by atoms with Gasteiger partial charge in [0.05, 0.1) is 12.6 Å². The minimum Gasteiger partial charge on any atom is -0.463 e. The fraction of sp³-hybridized carbons (Fsp3) is 0.200. The number of para-hydroxylation sites is 1. The first kappa shape index (κ1) is 10.2. The zero-order valence-electron chi connectivity index (χ0n) is 8.32. The van der Waals surface area contributed by atoms with Crippen molar-refractivity contribution in [2.75, 3.05) is 7.11 Å². The van der Waals surface area contributed by atoms with Gasteiger partial charge in [-0.1, -0.05) is 6.07 Å². The maximum absolute atomic E-state index is 11.4. The molecular formula is C10H9BrN2O2. The van der Waals surface area contributed by atoms with Gasteiger partial charge in [-0.15, -0.1) is 0 Å². The Morgan fingerprint density at radius 1 is 1.53 bits per heavy atom. The molecule has 0 aliphatic carbocycles. The first-order valence-electron chi connectivity index (χ1n) is 4.34. The molecule has 4 nitrogen and oxygen atoms in total. The molecule has 2 aromatic rings. The molecule has 0 saturated heterocycles. The molecule has 0 amide bonds. The highest BCUT2D eigenvalue weighted by Crippen LogP contribution is 2.23. The third kappa shape index (κ3) is 1.52. The summed E-state index contributed by atoms with van der Waals surface area (Å²) in [5.74, 6) is -0.125. The van der Waals surface area contributed by atoms with E-state index >= 15 is 0 Å². The van der Waals surface area contributed by atoms with Gasteiger partial charge in [0.25, 0.3) is 0 Å². The molecule has 1 aromatic heterocycles. The Bertz CT molecular complexity index is 533. The van der Waals surface area contributed by atoms with Gasteiger partial charge in [-0.05, 0) is 28.1 Å². The van der Waals surface area contributed by atoms with Crippen LogP contribution >= 0.6 is 15.9 Å². The van der Waals surface area contributed by atoms with Crippen LogP contribution in [0.4, 0.5) is 0 Å². The highest BCUT2D eigenvalue weighted by molar-refractivity contribution is 9.10. The van der Waals surface area contributed by atoms with Gasteiger partial charge in [0.15, 0.2) is 0 Å². The highest BCUT2D eigenvalue weighted by atomic mass is 79.9.